The number of pyridine rings is 1. The number of para-hydroxylation sites is 1. The summed E-state index contributed by atoms with van der Waals surface area (Å²) < 4.78 is 0. The summed E-state index contributed by atoms with van der Waals surface area (Å²) in [6.07, 6.45) is 7.21. The second kappa shape index (κ2) is 10.8. The van der Waals surface area contributed by atoms with Gasteiger partial charge in [0, 0.05) is 47.0 Å². The summed E-state index contributed by atoms with van der Waals surface area (Å²) in [4.78, 5) is 13.4. The number of aromatic nitrogens is 3. The highest BCUT2D eigenvalue weighted by atomic mass is 35.5. The lowest BCUT2D eigenvalue weighted by molar-refractivity contribution is 0.855. The van der Waals surface area contributed by atoms with Gasteiger partial charge in [0.1, 0.15) is 0 Å². The van der Waals surface area contributed by atoms with E-state index in [-0.39, 0.29) is 12.4 Å². The van der Waals surface area contributed by atoms with Gasteiger partial charge in [0.05, 0.1) is 5.69 Å². The van der Waals surface area contributed by atoms with E-state index >= 15 is 0 Å². The first-order valence-corrected chi connectivity index (χ1v) is 10.2. The van der Waals surface area contributed by atoms with Gasteiger partial charge >= 0.3 is 0 Å². The number of nitrogens with two attached hydrogens (primary N) is 1. The fraction of sp³-hybridized carbons (Fsp3) is 0.125. The number of nitrogen functional groups attached to an aromatic ring is 1. The zero-order valence-corrected chi connectivity index (χ0v) is 18.4. The molecule has 2 aromatic carbocycles. The maximum Gasteiger partial charge on any atom is 0.223 e. The van der Waals surface area contributed by atoms with Crippen LogP contribution in [0.15, 0.2) is 79.3 Å². The summed E-state index contributed by atoms with van der Waals surface area (Å²) in [5.41, 5.74) is 11.8. The van der Waals surface area contributed by atoms with Gasteiger partial charge in [-0.2, -0.15) is 0 Å². The number of anilines is 2. The molecular formula is C24H23Cl2N5. The summed E-state index contributed by atoms with van der Waals surface area (Å²) in [5.74, 6) is 0.598. The quantitative estimate of drug-likeness (QED) is 0.269. The highest BCUT2D eigenvalue weighted by Crippen LogP contribution is 2.31. The van der Waals surface area contributed by atoms with Crippen molar-refractivity contribution < 1.29 is 0 Å². The third-order valence-corrected chi connectivity index (χ3v) is 5.11. The molecule has 3 N–H and O–H groups in total. The Hall–Kier alpha value is -3.15. The van der Waals surface area contributed by atoms with Gasteiger partial charge in [-0.1, -0.05) is 41.9 Å². The average Bonchev–Trinajstić information content (AvgIpc) is 2.79. The predicted octanol–water partition coefficient (Wildman–Crippen LogP) is 5.91. The summed E-state index contributed by atoms with van der Waals surface area (Å²) >= 11 is 6.05. The molecule has 158 valence electrons. The van der Waals surface area contributed by atoms with Gasteiger partial charge < -0.3 is 11.1 Å². The van der Waals surface area contributed by atoms with Gasteiger partial charge in [0.25, 0.3) is 0 Å². The largest absolute Gasteiger partial charge is 0.399 e. The minimum absolute atomic E-state index is 0. The second-order valence-electron chi connectivity index (χ2n) is 6.93. The van der Waals surface area contributed by atoms with Gasteiger partial charge in [0.15, 0.2) is 0 Å². The smallest absolute Gasteiger partial charge is 0.223 e. The Balaban J connectivity index is 0.00000272. The van der Waals surface area contributed by atoms with Crippen molar-refractivity contribution in [1.82, 2.24) is 15.0 Å². The molecule has 0 atom stereocenters. The molecule has 2 aromatic heterocycles. The summed E-state index contributed by atoms with van der Waals surface area (Å²) in [5, 5.41) is 4.03. The van der Waals surface area contributed by atoms with Crippen LogP contribution in [0.1, 0.15) is 12.0 Å². The first kappa shape index (κ1) is 22.5. The Bertz CT molecular complexity index is 1120. The van der Waals surface area contributed by atoms with Crippen LogP contribution in [0.4, 0.5) is 11.6 Å². The Labute approximate surface area is 193 Å². The lowest BCUT2D eigenvalue weighted by Crippen LogP contribution is -2.08. The number of halogens is 2. The summed E-state index contributed by atoms with van der Waals surface area (Å²) in [6, 6.07) is 19.5. The summed E-state index contributed by atoms with van der Waals surface area (Å²) in [7, 11) is 0. The fourth-order valence-corrected chi connectivity index (χ4v) is 3.40. The third-order valence-electron chi connectivity index (χ3n) is 4.86. The van der Waals surface area contributed by atoms with Crippen molar-refractivity contribution in [3.63, 3.8) is 0 Å². The summed E-state index contributed by atoms with van der Waals surface area (Å²) in [6.45, 7) is 0.754. The van der Waals surface area contributed by atoms with Gasteiger partial charge in [-0.25, -0.2) is 9.97 Å². The van der Waals surface area contributed by atoms with Crippen molar-refractivity contribution in [3.8, 4) is 22.4 Å². The molecule has 0 spiro atoms. The van der Waals surface area contributed by atoms with Crippen LogP contribution in [0.5, 0.6) is 0 Å². The molecule has 0 bridgehead atoms. The Morgan fingerprint density at radius 1 is 0.903 bits per heavy atom. The van der Waals surface area contributed by atoms with Gasteiger partial charge in [-0.05, 0) is 54.3 Å². The van der Waals surface area contributed by atoms with Crippen LogP contribution in [0, 0.1) is 0 Å². The topological polar surface area (TPSA) is 76.7 Å². The molecule has 4 rings (SSSR count). The molecule has 31 heavy (non-hydrogen) atoms. The molecule has 0 aliphatic heterocycles. The van der Waals surface area contributed by atoms with E-state index in [1.165, 1.54) is 0 Å². The molecule has 0 amide bonds. The van der Waals surface area contributed by atoms with Crippen LogP contribution in [0.25, 0.3) is 22.4 Å². The van der Waals surface area contributed by atoms with Crippen molar-refractivity contribution in [2.45, 2.75) is 12.8 Å². The van der Waals surface area contributed by atoms with Crippen molar-refractivity contribution in [1.29, 1.82) is 0 Å². The number of nitrogens with one attached hydrogen (secondary N) is 1. The number of nitrogens with zero attached hydrogens (tertiary/aromatic N) is 3. The molecule has 7 heteroatoms. The number of rotatable bonds is 7. The maximum absolute atomic E-state index is 6.05. The minimum Gasteiger partial charge on any atom is -0.399 e. The van der Waals surface area contributed by atoms with Crippen LogP contribution < -0.4 is 11.1 Å². The van der Waals surface area contributed by atoms with E-state index in [1.807, 2.05) is 60.8 Å². The average molecular weight is 452 g/mol. The lowest BCUT2D eigenvalue weighted by Gasteiger charge is -2.12. The molecule has 0 fully saturated rings. The van der Waals surface area contributed by atoms with E-state index in [9.17, 15) is 0 Å². The van der Waals surface area contributed by atoms with Crippen LogP contribution in [-0.4, -0.2) is 21.5 Å². The maximum atomic E-state index is 6.05. The first-order valence-electron chi connectivity index (χ1n) is 9.81. The van der Waals surface area contributed by atoms with Crippen molar-refractivity contribution in [2.24, 2.45) is 0 Å². The van der Waals surface area contributed by atoms with Crippen LogP contribution >= 0.6 is 24.0 Å². The Morgan fingerprint density at radius 2 is 1.65 bits per heavy atom. The van der Waals surface area contributed by atoms with Crippen molar-refractivity contribution in [3.05, 3.63) is 89.8 Å². The van der Waals surface area contributed by atoms with Crippen molar-refractivity contribution >= 4 is 35.6 Å². The zero-order valence-electron chi connectivity index (χ0n) is 16.8. The van der Waals surface area contributed by atoms with E-state index in [1.54, 1.807) is 12.4 Å². The second-order valence-corrected chi connectivity index (χ2v) is 7.36. The Kier molecular flexibility index (Phi) is 7.82. The number of hydrogen-bond donors (Lipinski definition) is 2. The molecular weight excluding hydrogens is 429 g/mol. The van der Waals surface area contributed by atoms with Crippen LogP contribution in [-0.2, 0) is 6.42 Å². The number of benzene rings is 2. The molecule has 0 aliphatic rings. The molecule has 0 radical (unpaired) electrons. The predicted molar refractivity (Wildman–Crippen MR) is 131 cm³/mol. The van der Waals surface area contributed by atoms with Gasteiger partial charge in [-0.15, -0.1) is 12.4 Å². The minimum atomic E-state index is 0. The highest BCUT2D eigenvalue weighted by Gasteiger charge is 2.12. The van der Waals surface area contributed by atoms with E-state index in [4.69, 9.17) is 22.3 Å². The lowest BCUT2D eigenvalue weighted by atomic mass is 10.0. The van der Waals surface area contributed by atoms with E-state index < -0.39 is 0 Å². The standard InChI is InChI=1S/C24H22ClN5.ClH/c25-20-9-7-17(8-10-20)21-16-29-24(30-23(21)19-11-14-27-15-12-19)28-13-3-5-18-4-1-2-6-22(18)26;/h1-2,4,6-12,14-16H,3,5,13,26H2,(H,28,29,30);1H. The first-order chi connectivity index (χ1) is 14.7. The SMILES string of the molecule is Cl.Nc1ccccc1CCCNc1ncc(-c2ccc(Cl)cc2)c(-c2ccncc2)n1. The number of hydrogen-bond acceptors (Lipinski definition) is 5. The van der Waals surface area contributed by atoms with Gasteiger partial charge in [-0.3, -0.25) is 4.98 Å². The van der Waals surface area contributed by atoms with Crippen molar-refractivity contribution in [2.75, 3.05) is 17.6 Å². The Morgan fingerprint density at radius 3 is 2.39 bits per heavy atom. The fourth-order valence-electron chi connectivity index (χ4n) is 3.28. The molecule has 2 heterocycles. The molecule has 0 aliphatic carbocycles. The zero-order chi connectivity index (χ0) is 20.8. The number of aryl methyl sites for hydroxylation is 1. The van der Waals surface area contributed by atoms with E-state index in [2.05, 4.69) is 21.4 Å². The van der Waals surface area contributed by atoms with E-state index in [0.717, 1.165) is 53.0 Å². The van der Waals surface area contributed by atoms with Gasteiger partial charge in [0.2, 0.25) is 5.95 Å². The monoisotopic (exact) mass is 451 g/mol. The molecule has 4 aromatic rings. The molecule has 5 nitrogen and oxygen atoms in total. The van der Waals surface area contributed by atoms with Crippen LogP contribution in [0.3, 0.4) is 0 Å². The molecule has 0 unspecified atom stereocenters. The van der Waals surface area contributed by atoms with Crippen LogP contribution in [0.2, 0.25) is 5.02 Å². The normalized spacial score (nSPS) is 10.4. The van der Waals surface area contributed by atoms with E-state index in [0.29, 0.717) is 11.0 Å². The molecule has 0 saturated heterocycles. The highest BCUT2D eigenvalue weighted by molar-refractivity contribution is 6.30. The molecule has 0 saturated carbocycles. The third kappa shape index (κ3) is 5.72.